The molecule has 0 unspecified atom stereocenters. The van der Waals surface area contributed by atoms with Crippen molar-refractivity contribution in [2.45, 2.75) is 12.1 Å². The van der Waals surface area contributed by atoms with E-state index in [0.29, 0.717) is 15.7 Å². The SMILES string of the molecule is Cc1nnc(SCC(=O)Nc2cc(Cl)cc(Cl)c2)n(N)c1=O. The lowest BCUT2D eigenvalue weighted by Gasteiger charge is -2.07. The largest absolute Gasteiger partial charge is 0.334 e. The molecule has 1 aromatic carbocycles. The van der Waals surface area contributed by atoms with Crippen LogP contribution in [0.3, 0.4) is 0 Å². The van der Waals surface area contributed by atoms with Crippen LogP contribution in [0.25, 0.3) is 0 Å². The number of nitrogens with two attached hydrogens (primary N) is 1. The molecule has 2 rings (SSSR count). The molecule has 0 spiro atoms. The molecule has 1 amide bonds. The van der Waals surface area contributed by atoms with Gasteiger partial charge in [-0.1, -0.05) is 35.0 Å². The molecule has 1 heterocycles. The van der Waals surface area contributed by atoms with E-state index in [4.69, 9.17) is 29.0 Å². The van der Waals surface area contributed by atoms with Crippen molar-refractivity contribution in [3.63, 3.8) is 0 Å². The van der Waals surface area contributed by atoms with Crippen LogP contribution in [0.5, 0.6) is 0 Å². The Bertz CT molecular complexity index is 760. The molecule has 0 radical (unpaired) electrons. The maximum atomic E-state index is 11.9. The van der Waals surface area contributed by atoms with E-state index in [1.165, 1.54) is 6.92 Å². The smallest absolute Gasteiger partial charge is 0.294 e. The molecule has 10 heteroatoms. The van der Waals surface area contributed by atoms with Crippen LogP contribution in [0.15, 0.2) is 28.2 Å². The van der Waals surface area contributed by atoms with Crippen molar-refractivity contribution in [3.05, 3.63) is 44.3 Å². The summed E-state index contributed by atoms with van der Waals surface area (Å²) < 4.78 is 0.858. The molecular formula is C12H11Cl2N5O2S. The Hall–Kier alpha value is -1.77. The number of hydrogen-bond acceptors (Lipinski definition) is 6. The van der Waals surface area contributed by atoms with E-state index < -0.39 is 5.56 Å². The highest BCUT2D eigenvalue weighted by molar-refractivity contribution is 7.99. The molecule has 0 aliphatic carbocycles. The first-order valence-electron chi connectivity index (χ1n) is 5.97. The number of benzene rings is 1. The quantitative estimate of drug-likeness (QED) is 0.636. The minimum Gasteiger partial charge on any atom is -0.334 e. The summed E-state index contributed by atoms with van der Waals surface area (Å²) in [5, 5.41) is 11.1. The van der Waals surface area contributed by atoms with Crippen molar-refractivity contribution in [2.24, 2.45) is 0 Å². The third-order valence-corrected chi connectivity index (χ3v) is 3.88. The molecule has 0 aliphatic heterocycles. The zero-order valence-electron chi connectivity index (χ0n) is 11.3. The third-order valence-electron chi connectivity index (χ3n) is 2.50. The van der Waals surface area contributed by atoms with Gasteiger partial charge in [0.2, 0.25) is 11.1 Å². The van der Waals surface area contributed by atoms with Gasteiger partial charge in [0, 0.05) is 15.7 Å². The van der Waals surface area contributed by atoms with Gasteiger partial charge >= 0.3 is 0 Å². The Morgan fingerprint density at radius 2 is 1.95 bits per heavy atom. The number of halogens is 2. The van der Waals surface area contributed by atoms with Gasteiger partial charge < -0.3 is 11.2 Å². The number of carbonyl (C=O) groups is 1. The molecule has 0 atom stereocenters. The van der Waals surface area contributed by atoms with Gasteiger partial charge in [-0.05, 0) is 25.1 Å². The third kappa shape index (κ3) is 4.12. The van der Waals surface area contributed by atoms with Gasteiger partial charge in [0.25, 0.3) is 5.56 Å². The van der Waals surface area contributed by atoms with Gasteiger partial charge in [-0.3, -0.25) is 9.59 Å². The standard InChI is InChI=1S/C12H11Cl2N5O2S/c1-6-11(21)19(15)12(18-17-6)22-5-10(20)16-9-3-7(13)2-8(14)4-9/h2-4H,5,15H2,1H3,(H,16,20). The number of aryl methyl sites for hydroxylation is 1. The highest BCUT2D eigenvalue weighted by atomic mass is 35.5. The second-order valence-corrected chi connectivity index (χ2v) is 6.05. The first-order valence-corrected chi connectivity index (χ1v) is 7.71. The highest BCUT2D eigenvalue weighted by Gasteiger charge is 2.11. The van der Waals surface area contributed by atoms with Crippen LogP contribution in [0.2, 0.25) is 10.0 Å². The van der Waals surface area contributed by atoms with Crippen molar-refractivity contribution >= 4 is 46.6 Å². The van der Waals surface area contributed by atoms with Crippen LogP contribution in [0, 0.1) is 6.92 Å². The van der Waals surface area contributed by atoms with Gasteiger partial charge in [0.05, 0.1) is 5.75 Å². The number of nitrogens with one attached hydrogen (secondary N) is 1. The fourth-order valence-corrected chi connectivity index (χ4v) is 2.70. The van der Waals surface area contributed by atoms with E-state index in [1.807, 2.05) is 0 Å². The fraction of sp³-hybridized carbons (Fsp3) is 0.167. The van der Waals surface area contributed by atoms with Gasteiger partial charge in [-0.15, -0.1) is 10.2 Å². The molecule has 0 bridgehead atoms. The number of carbonyl (C=O) groups excluding carboxylic acids is 1. The van der Waals surface area contributed by atoms with Gasteiger partial charge in [0.1, 0.15) is 5.69 Å². The minimum atomic E-state index is -0.459. The van der Waals surface area contributed by atoms with E-state index >= 15 is 0 Å². The Morgan fingerprint density at radius 3 is 2.59 bits per heavy atom. The van der Waals surface area contributed by atoms with E-state index in [1.54, 1.807) is 18.2 Å². The predicted octanol–water partition coefficient (Wildman–Crippen LogP) is 1.70. The van der Waals surface area contributed by atoms with E-state index in [9.17, 15) is 9.59 Å². The van der Waals surface area contributed by atoms with Gasteiger partial charge in [-0.2, -0.15) is 4.68 Å². The van der Waals surface area contributed by atoms with E-state index in [2.05, 4.69) is 15.5 Å². The maximum absolute atomic E-state index is 11.9. The Balaban J connectivity index is 2.01. The molecule has 3 N–H and O–H groups in total. The topological polar surface area (TPSA) is 103 Å². The molecular weight excluding hydrogens is 349 g/mol. The van der Waals surface area contributed by atoms with E-state index in [0.717, 1.165) is 16.4 Å². The predicted molar refractivity (Wildman–Crippen MR) is 87.0 cm³/mol. The number of nitrogen functional groups attached to an aromatic ring is 1. The fourth-order valence-electron chi connectivity index (χ4n) is 1.52. The zero-order valence-corrected chi connectivity index (χ0v) is 13.7. The average molecular weight is 360 g/mol. The second kappa shape index (κ2) is 6.99. The number of thioether (sulfide) groups is 1. The molecule has 0 saturated heterocycles. The molecule has 1 aromatic heterocycles. The van der Waals surface area contributed by atoms with Crippen LogP contribution in [0.1, 0.15) is 5.69 Å². The van der Waals surface area contributed by atoms with Crippen molar-refractivity contribution in [1.29, 1.82) is 0 Å². The number of amides is 1. The molecule has 7 nitrogen and oxygen atoms in total. The molecule has 2 aromatic rings. The van der Waals surface area contributed by atoms with Crippen molar-refractivity contribution in [1.82, 2.24) is 14.9 Å². The zero-order chi connectivity index (χ0) is 16.3. The summed E-state index contributed by atoms with van der Waals surface area (Å²) in [5.74, 6) is 5.25. The normalized spacial score (nSPS) is 10.5. The number of nitrogens with zero attached hydrogens (tertiary/aromatic N) is 3. The van der Waals surface area contributed by atoms with Crippen LogP contribution in [0.4, 0.5) is 5.69 Å². The van der Waals surface area contributed by atoms with Crippen LogP contribution in [-0.4, -0.2) is 26.5 Å². The monoisotopic (exact) mass is 359 g/mol. The molecule has 116 valence electrons. The van der Waals surface area contributed by atoms with Crippen LogP contribution in [-0.2, 0) is 4.79 Å². The van der Waals surface area contributed by atoms with E-state index in [-0.39, 0.29) is 22.5 Å². The lowest BCUT2D eigenvalue weighted by atomic mass is 10.3. The second-order valence-electron chi connectivity index (χ2n) is 4.24. The Labute approximate surface area is 139 Å². The van der Waals surface area contributed by atoms with Gasteiger partial charge in [-0.25, -0.2) is 0 Å². The molecule has 0 saturated carbocycles. The Kier molecular flexibility index (Phi) is 5.28. The highest BCUT2D eigenvalue weighted by Crippen LogP contribution is 2.22. The lowest BCUT2D eigenvalue weighted by Crippen LogP contribution is -2.32. The summed E-state index contributed by atoms with van der Waals surface area (Å²) in [5.41, 5.74) is 0.202. The summed E-state index contributed by atoms with van der Waals surface area (Å²) in [6.07, 6.45) is 0. The summed E-state index contributed by atoms with van der Waals surface area (Å²) in [4.78, 5) is 23.5. The van der Waals surface area contributed by atoms with Crippen LogP contribution < -0.4 is 16.7 Å². The maximum Gasteiger partial charge on any atom is 0.294 e. The molecule has 0 fully saturated rings. The Morgan fingerprint density at radius 1 is 1.32 bits per heavy atom. The first-order chi connectivity index (χ1) is 10.4. The number of hydrogen-bond donors (Lipinski definition) is 2. The lowest BCUT2D eigenvalue weighted by molar-refractivity contribution is -0.113. The van der Waals surface area contributed by atoms with Gasteiger partial charge in [0.15, 0.2) is 0 Å². The van der Waals surface area contributed by atoms with Crippen molar-refractivity contribution in [3.8, 4) is 0 Å². The summed E-state index contributed by atoms with van der Waals surface area (Å²) in [6, 6.07) is 4.70. The number of aromatic nitrogens is 3. The molecule has 22 heavy (non-hydrogen) atoms. The average Bonchev–Trinajstić information content (AvgIpc) is 2.43. The van der Waals surface area contributed by atoms with Crippen molar-refractivity contribution < 1.29 is 4.79 Å². The number of anilines is 1. The summed E-state index contributed by atoms with van der Waals surface area (Å²) >= 11 is 12.7. The minimum absolute atomic E-state index is 0.00147. The van der Waals surface area contributed by atoms with Crippen LogP contribution >= 0.6 is 35.0 Å². The summed E-state index contributed by atoms with van der Waals surface area (Å²) in [7, 11) is 0. The summed E-state index contributed by atoms with van der Waals surface area (Å²) in [6.45, 7) is 1.50. The van der Waals surface area contributed by atoms with Crippen molar-refractivity contribution in [2.75, 3.05) is 16.9 Å². The molecule has 0 aliphatic rings. The first kappa shape index (κ1) is 16.6. The number of rotatable bonds is 4.